The third kappa shape index (κ3) is 4.07. The first-order valence-electron chi connectivity index (χ1n) is 5.13. The molecule has 0 N–H and O–H groups in total. The van der Waals surface area contributed by atoms with Gasteiger partial charge in [-0.15, -0.1) is 0 Å². The number of rotatable bonds is 5. The lowest BCUT2D eigenvalue weighted by Gasteiger charge is -2.14. The van der Waals surface area contributed by atoms with Gasteiger partial charge in [0.25, 0.3) is 0 Å². The Kier molecular flexibility index (Phi) is 4.62. The Balaban J connectivity index is 1.88. The first-order chi connectivity index (χ1) is 5.79. The minimum Gasteiger partial charge on any atom is -0.379 e. The molecule has 0 aromatic heterocycles. The molecule has 1 aliphatic rings. The maximum Gasteiger partial charge on any atom is 0.0518 e. The predicted octanol–water partition coefficient (Wildman–Crippen LogP) is 1.90. The highest BCUT2D eigenvalue weighted by Gasteiger charge is 2.09. The van der Waals surface area contributed by atoms with Crippen LogP contribution in [0.1, 0.15) is 33.1 Å². The van der Waals surface area contributed by atoms with Crippen molar-refractivity contribution in [1.29, 1.82) is 0 Å². The molecule has 1 rings (SSSR count). The number of nitrogens with zero attached hydrogens (tertiary/aromatic N) is 1. The highest BCUT2D eigenvalue weighted by Crippen LogP contribution is 2.07. The van der Waals surface area contributed by atoms with Gasteiger partial charge in [0, 0.05) is 13.2 Å². The van der Waals surface area contributed by atoms with Crippen molar-refractivity contribution in [2.75, 3.05) is 26.2 Å². The summed E-state index contributed by atoms with van der Waals surface area (Å²) in [5.74, 6) is 0. The fraction of sp³-hybridized carbons (Fsp3) is 1.00. The lowest BCUT2D eigenvalue weighted by Crippen LogP contribution is -2.21. The van der Waals surface area contributed by atoms with Gasteiger partial charge in [0.2, 0.25) is 0 Å². The van der Waals surface area contributed by atoms with Gasteiger partial charge in [-0.3, -0.25) is 0 Å². The van der Waals surface area contributed by atoms with Crippen LogP contribution in [0.15, 0.2) is 0 Å². The third-order valence-corrected chi connectivity index (χ3v) is 2.27. The minimum absolute atomic E-state index is 0.392. The van der Waals surface area contributed by atoms with Crippen LogP contribution in [-0.4, -0.2) is 37.2 Å². The van der Waals surface area contributed by atoms with Crippen LogP contribution in [0.4, 0.5) is 0 Å². The average Bonchev–Trinajstić information content (AvgIpc) is 2.49. The summed E-state index contributed by atoms with van der Waals surface area (Å²) < 4.78 is 5.47. The van der Waals surface area contributed by atoms with Crippen LogP contribution in [0, 0.1) is 0 Å². The van der Waals surface area contributed by atoms with Gasteiger partial charge >= 0.3 is 0 Å². The first-order valence-corrected chi connectivity index (χ1v) is 5.13. The molecule has 1 saturated heterocycles. The van der Waals surface area contributed by atoms with E-state index < -0.39 is 0 Å². The van der Waals surface area contributed by atoms with Crippen molar-refractivity contribution in [1.82, 2.24) is 4.90 Å². The lowest BCUT2D eigenvalue weighted by atomic mass is 10.4. The van der Waals surface area contributed by atoms with Crippen LogP contribution in [0.2, 0.25) is 0 Å². The maximum absolute atomic E-state index is 5.47. The quantitative estimate of drug-likeness (QED) is 0.586. The zero-order valence-electron chi connectivity index (χ0n) is 8.38. The SMILES string of the molecule is CC(C)OCCCN1CCCC1. The average molecular weight is 171 g/mol. The fourth-order valence-electron chi connectivity index (χ4n) is 1.61. The van der Waals surface area contributed by atoms with Crippen LogP contribution in [0.3, 0.4) is 0 Å². The van der Waals surface area contributed by atoms with E-state index >= 15 is 0 Å². The van der Waals surface area contributed by atoms with Crippen molar-refractivity contribution in [3.63, 3.8) is 0 Å². The van der Waals surface area contributed by atoms with Crippen molar-refractivity contribution in [2.45, 2.75) is 39.2 Å². The van der Waals surface area contributed by atoms with E-state index in [-0.39, 0.29) is 0 Å². The molecule has 0 aromatic rings. The molecule has 72 valence electrons. The van der Waals surface area contributed by atoms with Crippen LogP contribution in [-0.2, 0) is 4.74 Å². The summed E-state index contributed by atoms with van der Waals surface area (Å²) in [6.45, 7) is 8.95. The van der Waals surface area contributed by atoms with Crippen LogP contribution in [0.25, 0.3) is 0 Å². The molecule has 0 bridgehead atoms. The van der Waals surface area contributed by atoms with Gasteiger partial charge in [-0.2, -0.15) is 0 Å². The largest absolute Gasteiger partial charge is 0.379 e. The molecule has 0 spiro atoms. The summed E-state index contributed by atoms with van der Waals surface area (Å²) in [6.07, 6.45) is 4.37. The van der Waals surface area contributed by atoms with Gasteiger partial charge in [0.1, 0.15) is 0 Å². The highest BCUT2D eigenvalue weighted by atomic mass is 16.5. The second-order valence-corrected chi connectivity index (χ2v) is 3.82. The molecule has 2 heteroatoms. The zero-order valence-corrected chi connectivity index (χ0v) is 8.38. The molecule has 2 nitrogen and oxygen atoms in total. The molecule has 0 unspecified atom stereocenters. The Morgan fingerprint density at radius 2 is 1.92 bits per heavy atom. The number of hydrogen-bond acceptors (Lipinski definition) is 2. The molecule has 12 heavy (non-hydrogen) atoms. The van der Waals surface area contributed by atoms with E-state index in [1.54, 1.807) is 0 Å². The molecule has 0 radical (unpaired) electrons. The molecule has 0 aliphatic carbocycles. The molecule has 0 aromatic carbocycles. The van der Waals surface area contributed by atoms with Crippen molar-refractivity contribution < 1.29 is 4.74 Å². The van der Waals surface area contributed by atoms with E-state index in [9.17, 15) is 0 Å². The third-order valence-electron chi connectivity index (χ3n) is 2.27. The molecule has 0 amide bonds. The lowest BCUT2D eigenvalue weighted by molar-refractivity contribution is 0.0720. The predicted molar refractivity (Wildman–Crippen MR) is 51.4 cm³/mol. The van der Waals surface area contributed by atoms with Gasteiger partial charge in [-0.25, -0.2) is 0 Å². The Labute approximate surface area is 75.9 Å². The smallest absolute Gasteiger partial charge is 0.0518 e. The fourth-order valence-corrected chi connectivity index (χ4v) is 1.61. The topological polar surface area (TPSA) is 12.5 Å². The summed E-state index contributed by atoms with van der Waals surface area (Å²) in [5, 5.41) is 0. The van der Waals surface area contributed by atoms with Crippen LogP contribution in [0.5, 0.6) is 0 Å². The number of likely N-dealkylation sites (tertiary alicyclic amines) is 1. The van der Waals surface area contributed by atoms with E-state index in [0.29, 0.717) is 6.10 Å². The van der Waals surface area contributed by atoms with Crippen LogP contribution >= 0.6 is 0 Å². The van der Waals surface area contributed by atoms with Crippen molar-refractivity contribution in [3.8, 4) is 0 Å². The molecule has 1 heterocycles. The number of ether oxygens (including phenoxy) is 1. The van der Waals surface area contributed by atoms with Gasteiger partial charge in [-0.1, -0.05) is 0 Å². The van der Waals surface area contributed by atoms with E-state index in [0.717, 1.165) is 6.61 Å². The maximum atomic E-state index is 5.47. The van der Waals surface area contributed by atoms with E-state index in [4.69, 9.17) is 4.74 Å². The molecular weight excluding hydrogens is 150 g/mol. The zero-order chi connectivity index (χ0) is 8.81. The summed E-state index contributed by atoms with van der Waals surface area (Å²) in [6, 6.07) is 0. The monoisotopic (exact) mass is 171 g/mol. The Morgan fingerprint density at radius 3 is 2.50 bits per heavy atom. The summed E-state index contributed by atoms with van der Waals surface area (Å²) >= 11 is 0. The van der Waals surface area contributed by atoms with Gasteiger partial charge < -0.3 is 9.64 Å². The van der Waals surface area contributed by atoms with Gasteiger partial charge in [0.05, 0.1) is 6.10 Å². The Hall–Kier alpha value is -0.0800. The van der Waals surface area contributed by atoms with Crippen molar-refractivity contribution in [3.05, 3.63) is 0 Å². The normalized spacial score (nSPS) is 19.2. The van der Waals surface area contributed by atoms with Crippen LogP contribution < -0.4 is 0 Å². The Morgan fingerprint density at radius 1 is 1.25 bits per heavy atom. The molecule has 0 saturated carbocycles. The molecule has 1 aliphatic heterocycles. The minimum atomic E-state index is 0.392. The second kappa shape index (κ2) is 5.55. The molecule has 1 fully saturated rings. The van der Waals surface area contributed by atoms with E-state index in [1.807, 2.05) is 0 Å². The molecule has 0 atom stereocenters. The summed E-state index contributed by atoms with van der Waals surface area (Å²) in [5.41, 5.74) is 0. The van der Waals surface area contributed by atoms with E-state index in [1.165, 1.54) is 38.9 Å². The second-order valence-electron chi connectivity index (χ2n) is 3.82. The highest BCUT2D eigenvalue weighted by molar-refractivity contribution is 4.65. The van der Waals surface area contributed by atoms with Crippen molar-refractivity contribution >= 4 is 0 Å². The summed E-state index contributed by atoms with van der Waals surface area (Å²) in [7, 11) is 0. The van der Waals surface area contributed by atoms with E-state index in [2.05, 4.69) is 18.7 Å². The Bertz CT molecular complexity index is 108. The van der Waals surface area contributed by atoms with Gasteiger partial charge in [0.15, 0.2) is 0 Å². The standard InChI is InChI=1S/C10H21NO/c1-10(2)12-9-5-8-11-6-3-4-7-11/h10H,3-9H2,1-2H3. The van der Waals surface area contributed by atoms with Crippen molar-refractivity contribution in [2.24, 2.45) is 0 Å². The number of hydrogen-bond donors (Lipinski definition) is 0. The first kappa shape index (κ1) is 10.0. The summed E-state index contributed by atoms with van der Waals surface area (Å²) in [4.78, 5) is 2.53. The molecular formula is C10H21NO. The van der Waals surface area contributed by atoms with Gasteiger partial charge in [-0.05, 0) is 46.2 Å².